The van der Waals surface area contributed by atoms with Gasteiger partial charge >= 0.3 is 0 Å². The Labute approximate surface area is 156 Å². The van der Waals surface area contributed by atoms with E-state index in [0.29, 0.717) is 22.7 Å². The number of methoxy groups -OCH3 is 2. The lowest BCUT2D eigenvalue weighted by Crippen LogP contribution is -2.32. The van der Waals surface area contributed by atoms with Gasteiger partial charge in [-0.05, 0) is 42.8 Å². The van der Waals surface area contributed by atoms with Gasteiger partial charge in [0.05, 0.1) is 19.8 Å². The van der Waals surface area contributed by atoms with Crippen LogP contribution < -0.4 is 14.8 Å². The third kappa shape index (κ3) is 3.36. The number of anilines is 1. The summed E-state index contributed by atoms with van der Waals surface area (Å²) in [7, 11) is 3.00. The Morgan fingerprint density at radius 3 is 2.37 bits per heavy atom. The molecule has 0 radical (unpaired) electrons. The summed E-state index contributed by atoms with van der Waals surface area (Å²) in [6, 6.07) is 10.7. The number of hydrogen-bond acceptors (Lipinski definition) is 5. The molecule has 1 N–H and O–H groups in total. The molecule has 1 aliphatic rings. The summed E-state index contributed by atoms with van der Waals surface area (Å²) in [4.78, 5) is 26.7. The van der Waals surface area contributed by atoms with Crippen LogP contribution in [0.15, 0.2) is 48.2 Å². The maximum Gasteiger partial charge on any atom is 0.278 e. The molecule has 0 saturated heterocycles. The summed E-state index contributed by atoms with van der Waals surface area (Å²) >= 11 is 0. The molecule has 1 heterocycles. The lowest BCUT2D eigenvalue weighted by Gasteiger charge is -2.12. The molecule has 3 rings (SSSR count). The van der Waals surface area contributed by atoms with Crippen LogP contribution in [-0.4, -0.2) is 37.5 Å². The fourth-order valence-corrected chi connectivity index (χ4v) is 2.95. The molecule has 27 heavy (non-hydrogen) atoms. The number of nitrogens with zero attached hydrogens (tertiary/aromatic N) is 1. The molecule has 0 spiro atoms. The second kappa shape index (κ2) is 7.49. The summed E-state index contributed by atoms with van der Waals surface area (Å²) in [5.74, 6) is -0.393. The maximum absolute atomic E-state index is 13.5. The number of carbonyl (C=O) groups excluding carboxylic acids is 2. The third-order valence-electron chi connectivity index (χ3n) is 4.25. The van der Waals surface area contributed by atoms with Crippen LogP contribution in [0.25, 0.3) is 5.57 Å². The summed E-state index contributed by atoms with van der Waals surface area (Å²) in [5.41, 5.74) is 1.18. The number of carbonyl (C=O) groups is 2. The van der Waals surface area contributed by atoms with Gasteiger partial charge in [0, 0.05) is 12.2 Å². The van der Waals surface area contributed by atoms with Crippen molar-refractivity contribution in [1.29, 1.82) is 0 Å². The number of ether oxygens (including phenoxy) is 2. The molecule has 7 heteroatoms. The largest absolute Gasteiger partial charge is 0.493 e. The van der Waals surface area contributed by atoms with E-state index >= 15 is 0 Å². The van der Waals surface area contributed by atoms with Crippen molar-refractivity contribution >= 4 is 23.1 Å². The summed E-state index contributed by atoms with van der Waals surface area (Å²) in [6.45, 7) is 1.94. The van der Waals surface area contributed by atoms with Crippen LogP contribution in [0.4, 0.5) is 10.1 Å². The molecule has 1 aliphatic heterocycles. The molecular formula is C20H19FN2O4. The number of halogens is 1. The topological polar surface area (TPSA) is 67.9 Å². The molecule has 6 nitrogen and oxygen atoms in total. The highest BCUT2D eigenvalue weighted by molar-refractivity contribution is 6.36. The number of amides is 2. The molecule has 0 unspecified atom stereocenters. The normalized spacial score (nSPS) is 14.0. The summed E-state index contributed by atoms with van der Waals surface area (Å²) < 4.78 is 24.0. The molecule has 0 aliphatic carbocycles. The van der Waals surface area contributed by atoms with Crippen molar-refractivity contribution in [1.82, 2.24) is 4.90 Å². The minimum atomic E-state index is -0.462. The number of benzene rings is 2. The van der Waals surface area contributed by atoms with E-state index in [1.807, 2.05) is 0 Å². The number of imide groups is 1. The van der Waals surface area contributed by atoms with Crippen molar-refractivity contribution < 1.29 is 23.5 Å². The summed E-state index contributed by atoms with van der Waals surface area (Å²) in [6.07, 6.45) is 0. The fourth-order valence-electron chi connectivity index (χ4n) is 2.95. The first-order valence-corrected chi connectivity index (χ1v) is 8.35. The van der Waals surface area contributed by atoms with E-state index in [9.17, 15) is 14.0 Å². The number of hydrogen-bond donors (Lipinski definition) is 1. The van der Waals surface area contributed by atoms with Gasteiger partial charge in [-0.1, -0.05) is 12.1 Å². The van der Waals surface area contributed by atoms with E-state index in [1.54, 1.807) is 31.2 Å². The average Bonchev–Trinajstić information content (AvgIpc) is 2.90. The van der Waals surface area contributed by atoms with Crippen LogP contribution in [0.2, 0.25) is 0 Å². The predicted octanol–water partition coefficient (Wildman–Crippen LogP) is 3.05. The summed E-state index contributed by atoms with van der Waals surface area (Å²) in [5, 5.41) is 2.90. The first-order valence-electron chi connectivity index (χ1n) is 8.35. The predicted molar refractivity (Wildman–Crippen MR) is 98.9 cm³/mol. The van der Waals surface area contributed by atoms with Gasteiger partial charge in [0.25, 0.3) is 11.8 Å². The molecule has 2 aromatic rings. The molecule has 2 aromatic carbocycles. The molecule has 0 aromatic heterocycles. The van der Waals surface area contributed by atoms with E-state index in [4.69, 9.17) is 9.47 Å². The van der Waals surface area contributed by atoms with E-state index in [2.05, 4.69) is 5.32 Å². The Morgan fingerprint density at radius 1 is 1.00 bits per heavy atom. The zero-order chi connectivity index (χ0) is 19.6. The minimum Gasteiger partial charge on any atom is -0.493 e. The van der Waals surface area contributed by atoms with Gasteiger partial charge in [0.2, 0.25) is 0 Å². The van der Waals surface area contributed by atoms with Crippen molar-refractivity contribution in [3.8, 4) is 11.5 Å². The van der Waals surface area contributed by atoms with Crippen LogP contribution in [-0.2, 0) is 9.59 Å². The highest BCUT2D eigenvalue weighted by Crippen LogP contribution is 2.35. The SMILES string of the molecule is CCN1C(=O)C(Nc2cccc(F)c2)=C(c2ccc(OC)c(OC)c2)C1=O. The maximum atomic E-state index is 13.5. The zero-order valence-electron chi connectivity index (χ0n) is 15.2. The van der Waals surface area contributed by atoms with Gasteiger partial charge in [0.15, 0.2) is 11.5 Å². The Kier molecular flexibility index (Phi) is 5.12. The molecule has 0 saturated carbocycles. The second-order valence-electron chi connectivity index (χ2n) is 5.81. The lowest BCUT2D eigenvalue weighted by atomic mass is 10.0. The molecule has 2 amide bonds. The van der Waals surface area contributed by atoms with Crippen molar-refractivity contribution in [3.05, 3.63) is 59.5 Å². The van der Waals surface area contributed by atoms with E-state index in [1.165, 1.54) is 32.4 Å². The minimum absolute atomic E-state index is 0.0969. The molecular weight excluding hydrogens is 351 g/mol. The standard InChI is InChI=1S/C20H19FN2O4/c1-4-23-19(24)17(12-8-9-15(26-2)16(10-12)27-3)18(20(23)25)22-14-7-5-6-13(21)11-14/h5-11,22H,4H2,1-3H3. The highest BCUT2D eigenvalue weighted by atomic mass is 19.1. The monoisotopic (exact) mass is 370 g/mol. The van der Waals surface area contributed by atoms with Gasteiger partial charge in [-0.2, -0.15) is 0 Å². The van der Waals surface area contributed by atoms with Crippen LogP contribution >= 0.6 is 0 Å². The van der Waals surface area contributed by atoms with Gasteiger partial charge in [0.1, 0.15) is 11.5 Å². The molecule has 140 valence electrons. The van der Waals surface area contributed by atoms with E-state index < -0.39 is 17.6 Å². The number of likely N-dealkylation sites (N-methyl/N-ethyl adjacent to an activating group) is 1. The van der Waals surface area contributed by atoms with Crippen molar-refractivity contribution in [2.75, 3.05) is 26.1 Å². The van der Waals surface area contributed by atoms with Gasteiger partial charge in [-0.15, -0.1) is 0 Å². The molecule has 0 bridgehead atoms. The Balaban J connectivity index is 2.12. The number of nitrogens with one attached hydrogen (secondary N) is 1. The Bertz CT molecular complexity index is 939. The van der Waals surface area contributed by atoms with Crippen molar-refractivity contribution in [3.63, 3.8) is 0 Å². The van der Waals surface area contributed by atoms with E-state index in [-0.39, 0.29) is 17.8 Å². The van der Waals surface area contributed by atoms with Gasteiger partial charge in [-0.3, -0.25) is 14.5 Å². The fraction of sp³-hybridized carbons (Fsp3) is 0.200. The third-order valence-corrected chi connectivity index (χ3v) is 4.25. The van der Waals surface area contributed by atoms with Crippen LogP contribution in [0.5, 0.6) is 11.5 Å². The lowest BCUT2D eigenvalue weighted by molar-refractivity contribution is -0.136. The first kappa shape index (κ1) is 18.4. The number of rotatable bonds is 6. The van der Waals surface area contributed by atoms with Crippen molar-refractivity contribution in [2.24, 2.45) is 0 Å². The average molecular weight is 370 g/mol. The van der Waals surface area contributed by atoms with E-state index in [0.717, 1.165) is 4.90 Å². The Morgan fingerprint density at radius 2 is 1.74 bits per heavy atom. The van der Waals surface area contributed by atoms with Crippen LogP contribution in [0.3, 0.4) is 0 Å². The Hall–Kier alpha value is -3.35. The van der Waals surface area contributed by atoms with Crippen LogP contribution in [0, 0.1) is 5.82 Å². The van der Waals surface area contributed by atoms with Crippen LogP contribution in [0.1, 0.15) is 12.5 Å². The molecule has 0 fully saturated rings. The first-order chi connectivity index (χ1) is 13.0. The second-order valence-corrected chi connectivity index (χ2v) is 5.81. The van der Waals surface area contributed by atoms with Crippen molar-refractivity contribution in [2.45, 2.75) is 6.92 Å². The quantitative estimate of drug-likeness (QED) is 0.792. The smallest absolute Gasteiger partial charge is 0.278 e. The highest BCUT2D eigenvalue weighted by Gasteiger charge is 2.38. The van der Waals surface area contributed by atoms with Gasteiger partial charge in [-0.25, -0.2) is 4.39 Å². The molecule has 0 atom stereocenters. The van der Waals surface area contributed by atoms with Gasteiger partial charge < -0.3 is 14.8 Å². The zero-order valence-corrected chi connectivity index (χ0v) is 15.2.